The van der Waals surface area contributed by atoms with Gasteiger partial charge in [-0.15, -0.1) is 13.2 Å². The quantitative estimate of drug-likeness (QED) is 0.788. The maximum atomic E-state index is 12.4. The number of aromatic nitrogens is 1. The molecular weight excluding hydrogens is 259 g/mol. The zero-order chi connectivity index (χ0) is 13.9. The van der Waals surface area contributed by atoms with Crippen LogP contribution in [0, 0.1) is 18.3 Å². The summed E-state index contributed by atoms with van der Waals surface area (Å²) in [5, 5.41) is 8.47. The monoisotopic (exact) mass is 266 g/mol. The van der Waals surface area contributed by atoms with Gasteiger partial charge in [0.25, 0.3) is 6.43 Å². The standard InChI is InChI=1S/C10H7F5N2O/c1-5-8(18-10(13,14)15)6(2-3-16)4-7(17-5)9(11)12/h4,9H,2H2,1H3. The van der Waals surface area contributed by atoms with E-state index in [9.17, 15) is 22.0 Å². The summed E-state index contributed by atoms with van der Waals surface area (Å²) in [4.78, 5) is 3.32. The Labute approximate surface area is 98.8 Å². The lowest BCUT2D eigenvalue weighted by molar-refractivity contribution is -0.275. The predicted octanol–water partition coefficient (Wildman–Crippen LogP) is 3.29. The first-order valence-corrected chi connectivity index (χ1v) is 4.66. The molecule has 0 unspecified atom stereocenters. The Balaban J connectivity index is 3.28. The van der Waals surface area contributed by atoms with Crippen molar-refractivity contribution in [1.29, 1.82) is 5.26 Å². The molecule has 0 amide bonds. The van der Waals surface area contributed by atoms with Gasteiger partial charge in [0.1, 0.15) is 5.69 Å². The van der Waals surface area contributed by atoms with Crippen molar-refractivity contribution in [2.75, 3.05) is 0 Å². The molecule has 98 valence electrons. The fourth-order valence-electron chi connectivity index (χ4n) is 1.34. The highest BCUT2D eigenvalue weighted by molar-refractivity contribution is 5.40. The van der Waals surface area contributed by atoms with Crippen LogP contribution in [-0.2, 0) is 6.42 Å². The van der Waals surface area contributed by atoms with Crippen molar-refractivity contribution in [3.63, 3.8) is 0 Å². The third kappa shape index (κ3) is 3.55. The summed E-state index contributed by atoms with van der Waals surface area (Å²) in [7, 11) is 0. The van der Waals surface area contributed by atoms with Gasteiger partial charge in [0.2, 0.25) is 0 Å². The molecule has 0 aliphatic rings. The third-order valence-electron chi connectivity index (χ3n) is 1.95. The number of pyridine rings is 1. The summed E-state index contributed by atoms with van der Waals surface area (Å²) in [6.45, 7) is 1.10. The number of alkyl halides is 5. The van der Waals surface area contributed by atoms with Crippen LogP contribution in [0.15, 0.2) is 6.07 Å². The molecule has 1 aromatic heterocycles. The Hall–Kier alpha value is -1.91. The number of hydrogen-bond donors (Lipinski definition) is 0. The van der Waals surface area contributed by atoms with Crippen LogP contribution in [-0.4, -0.2) is 11.3 Å². The second-order valence-corrected chi connectivity index (χ2v) is 3.30. The fourth-order valence-corrected chi connectivity index (χ4v) is 1.34. The zero-order valence-electron chi connectivity index (χ0n) is 9.05. The van der Waals surface area contributed by atoms with Crippen LogP contribution in [0.4, 0.5) is 22.0 Å². The summed E-state index contributed by atoms with van der Waals surface area (Å²) in [6, 6.07) is 2.32. The summed E-state index contributed by atoms with van der Waals surface area (Å²) < 4.78 is 64.9. The van der Waals surface area contributed by atoms with E-state index in [2.05, 4.69) is 9.72 Å². The molecule has 0 bridgehead atoms. The van der Waals surface area contributed by atoms with Crippen LogP contribution in [0.25, 0.3) is 0 Å². The molecule has 0 fully saturated rings. The van der Waals surface area contributed by atoms with Crippen LogP contribution in [0.2, 0.25) is 0 Å². The molecule has 0 radical (unpaired) electrons. The van der Waals surface area contributed by atoms with Crippen LogP contribution < -0.4 is 4.74 Å². The molecular formula is C10H7F5N2O. The fraction of sp³-hybridized carbons (Fsp3) is 0.400. The van der Waals surface area contributed by atoms with Gasteiger partial charge in [-0.25, -0.2) is 13.8 Å². The summed E-state index contributed by atoms with van der Waals surface area (Å²) >= 11 is 0. The summed E-state index contributed by atoms with van der Waals surface area (Å²) in [5.41, 5.74) is -1.29. The molecule has 0 spiro atoms. The minimum absolute atomic E-state index is 0.266. The van der Waals surface area contributed by atoms with E-state index in [-0.39, 0.29) is 11.3 Å². The van der Waals surface area contributed by atoms with Gasteiger partial charge in [0.15, 0.2) is 5.75 Å². The molecule has 18 heavy (non-hydrogen) atoms. The first kappa shape index (κ1) is 14.2. The van der Waals surface area contributed by atoms with Crippen LogP contribution in [0.3, 0.4) is 0 Å². The van der Waals surface area contributed by atoms with E-state index in [1.807, 2.05) is 0 Å². The van der Waals surface area contributed by atoms with Gasteiger partial charge in [0.05, 0.1) is 18.2 Å². The number of nitriles is 1. The van der Waals surface area contributed by atoms with E-state index in [1.165, 1.54) is 0 Å². The van der Waals surface area contributed by atoms with Crippen molar-refractivity contribution in [3.05, 3.63) is 23.0 Å². The maximum absolute atomic E-state index is 12.4. The SMILES string of the molecule is Cc1nc(C(F)F)cc(CC#N)c1OC(F)(F)F. The minimum Gasteiger partial charge on any atom is -0.404 e. The largest absolute Gasteiger partial charge is 0.573 e. The van der Waals surface area contributed by atoms with Gasteiger partial charge < -0.3 is 4.74 Å². The lowest BCUT2D eigenvalue weighted by atomic mass is 10.1. The van der Waals surface area contributed by atoms with Gasteiger partial charge in [0, 0.05) is 5.56 Å². The molecule has 0 saturated heterocycles. The van der Waals surface area contributed by atoms with Crippen LogP contribution in [0.1, 0.15) is 23.4 Å². The van der Waals surface area contributed by atoms with Gasteiger partial charge in [-0.1, -0.05) is 0 Å². The zero-order valence-corrected chi connectivity index (χ0v) is 9.05. The number of aryl methyl sites for hydroxylation is 1. The Kier molecular flexibility index (Phi) is 4.06. The van der Waals surface area contributed by atoms with Crippen molar-refractivity contribution in [3.8, 4) is 11.8 Å². The molecule has 0 aliphatic heterocycles. The smallest absolute Gasteiger partial charge is 0.404 e. The Bertz CT molecular complexity index is 478. The molecule has 0 aliphatic carbocycles. The van der Waals surface area contributed by atoms with E-state index in [1.54, 1.807) is 6.07 Å². The molecule has 0 saturated carbocycles. The second-order valence-electron chi connectivity index (χ2n) is 3.30. The Morgan fingerprint density at radius 2 is 2.06 bits per heavy atom. The average molecular weight is 266 g/mol. The molecule has 1 aromatic rings. The first-order chi connectivity index (χ1) is 8.24. The highest BCUT2D eigenvalue weighted by Crippen LogP contribution is 2.31. The lowest BCUT2D eigenvalue weighted by Crippen LogP contribution is -2.19. The van der Waals surface area contributed by atoms with E-state index >= 15 is 0 Å². The molecule has 3 nitrogen and oxygen atoms in total. The minimum atomic E-state index is -4.97. The van der Waals surface area contributed by atoms with Gasteiger partial charge in [-0.2, -0.15) is 5.26 Å². The summed E-state index contributed by atoms with van der Waals surface area (Å²) in [5.74, 6) is -0.701. The predicted molar refractivity (Wildman–Crippen MR) is 49.9 cm³/mol. The van der Waals surface area contributed by atoms with E-state index in [4.69, 9.17) is 5.26 Å². The van der Waals surface area contributed by atoms with Crippen molar-refractivity contribution in [1.82, 2.24) is 4.98 Å². The molecule has 0 atom stereocenters. The third-order valence-corrected chi connectivity index (χ3v) is 1.95. The van der Waals surface area contributed by atoms with Crippen molar-refractivity contribution >= 4 is 0 Å². The number of hydrogen-bond acceptors (Lipinski definition) is 3. The van der Waals surface area contributed by atoms with Crippen LogP contribution >= 0.6 is 0 Å². The van der Waals surface area contributed by atoms with Gasteiger partial charge in [-0.3, -0.25) is 0 Å². The Morgan fingerprint density at radius 3 is 2.50 bits per heavy atom. The van der Waals surface area contributed by atoms with Crippen molar-refractivity contribution < 1.29 is 26.7 Å². The van der Waals surface area contributed by atoms with E-state index < -0.39 is 30.7 Å². The average Bonchev–Trinajstić information content (AvgIpc) is 2.21. The normalized spacial score (nSPS) is 11.4. The molecule has 8 heteroatoms. The lowest BCUT2D eigenvalue weighted by Gasteiger charge is -2.15. The van der Waals surface area contributed by atoms with Gasteiger partial charge >= 0.3 is 6.36 Å². The van der Waals surface area contributed by atoms with Crippen molar-refractivity contribution in [2.24, 2.45) is 0 Å². The number of nitrogens with zero attached hydrogens (tertiary/aromatic N) is 2. The number of rotatable bonds is 3. The second kappa shape index (κ2) is 5.16. The highest BCUT2D eigenvalue weighted by atomic mass is 19.4. The van der Waals surface area contributed by atoms with E-state index in [0.29, 0.717) is 0 Å². The maximum Gasteiger partial charge on any atom is 0.573 e. The number of ether oxygens (including phenoxy) is 1. The number of halogens is 5. The highest BCUT2D eigenvalue weighted by Gasteiger charge is 2.33. The van der Waals surface area contributed by atoms with Gasteiger partial charge in [-0.05, 0) is 13.0 Å². The molecule has 1 heterocycles. The van der Waals surface area contributed by atoms with E-state index in [0.717, 1.165) is 13.0 Å². The first-order valence-electron chi connectivity index (χ1n) is 4.66. The van der Waals surface area contributed by atoms with Crippen LogP contribution in [0.5, 0.6) is 5.75 Å². The van der Waals surface area contributed by atoms with Crippen molar-refractivity contribution in [2.45, 2.75) is 26.1 Å². The molecule has 0 aromatic carbocycles. The molecule has 1 rings (SSSR count). The Morgan fingerprint density at radius 1 is 1.44 bits per heavy atom. The topological polar surface area (TPSA) is 45.9 Å². The molecule has 0 N–H and O–H groups in total. The summed E-state index contributed by atoms with van der Waals surface area (Å²) in [6.07, 6.45) is -8.38.